The Bertz CT molecular complexity index is 2410. The van der Waals surface area contributed by atoms with Crippen molar-refractivity contribution >= 4 is 53.4 Å². The zero-order valence-corrected chi connectivity index (χ0v) is 24.5. The lowest BCUT2D eigenvalue weighted by molar-refractivity contribution is 0.659. The van der Waals surface area contributed by atoms with Crippen LogP contribution in [0.4, 0.5) is 0 Å². The molecule has 42 heavy (non-hydrogen) atoms. The molecule has 0 radical (unpaired) electrons. The van der Waals surface area contributed by atoms with E-state index in [0.29, 0.717) is 0 Å². The Kier molecular flexibility index (Phi) is 4.76. The van der Waals surface area contributed by atoms with Gasteiger partial charge < -0.3 is 0 Å². The molecule has 1 aliphatic carbocycles. The quantitative estimate of drug-likeness (QED) is 0.212. The van der Waals surface area contributed by atoms with Crippen molar-refractivity contribution in [1.29, 1.82) is 0 Å². The fourth-order valence-corrected chi connectivity index (χ4v) is 8.30. The molecule has 4 heteroatoms. The fourth-order valence-electron chi connectivity index (χ4n) is 7.15. The van der Waals surface area contributed by atoms with Crippen LogP contribution in [0.2, 0.25) is 0 Å². The molecule has 0 atom stereocenters. The molecule has 3 heterocycles. The van der Waals surface area contributed by atoms with Gasteiger partial charge in [-0.15, -0.1) is 11.3 Å². The molecule has 3 nitrogen and oxygen atoms in total. The van der Waals surface area contributed by atoms with Crippen LogP contribution in [0.15, 0.2) is 109 Å². The molecule has 0 amide bonds. The number of hydrogen-bond acceptors (Lipinski definition) is 3. The summed E-state index contributed by atoms with van der Waals surface area (Å²) in [6, 6.07) is 37.5. The van der Waals surface area contributed by atoms with E-state index in [1.807, 2.05) is 12.3 Å². The Morgan fingerprint density at radius 1 is 0.690 bits per heavy atom. The van der Waals surface area contributed by atoms with Crippen LogP contribution in [0.5, 0.6) is 0 Å². The highest BCUT2D eigenvalue weighted by Gasteiger charge is 2.36. The van der Waals surface area contributed by atoms with E-state index in [-0.39, 0.29) is 5.41 Å². The molecular formula is C38H27N3S. The van der Waals surface area contributed by atoms with E-state index in [9.17, 15) is 0 Å². The van der Waals surface area contributed by atoms with E-state index < -0.39 is 0 Å². The van der Waals surface area contributed by atoms with Crippen molar-refractivity contribution in [2.24, 2.45) is 0 Å². The van der Waals surface area contributed by atoms with Gasteiger partial charge in [0, 0.05) is 38.0 Å². The second-order valence-electron chi connectivity index (χ2n) is 11.9. The number of aryl methyl sites for hydroxylation is 1. The van der Waals surface area contributed by atoms with Crippen molar-refractivity contribution < 1.29 is 0 Å². The molecule has 0 bridgehead atoms. The second kappa shape index (κ2) is 8.37. The van der Waals surface area contributed by atoms with Crippen molar-refractivity contribution in [2.75, 3.05) is 0 Å². The van der Waals surface area contributed by atoms with Crippen LogP contribution in [-0.4, -0.2) is 14.5 Å². The minimum atomic E-state index is -0.0931. The summed E-state index contributed by atoms with van der Waals surface area (Å²) >= 11 is 1.75. The van der Waals surface area contributed by atoms with Gasteiger partial charge in [-0.1, -0.05) is 80.6 Å². The summed E-state index contributed by atoms with van der Waals surface area (Å²) in [7, 11) is 0. The third kappa shape index (κ3) is 3.10. The molecule has 9 rings (SSSR count). The zero-order valence-electron chi connectivity index (χ0n) is 23.6. The van der Waals surface area contributed by atoms with Crippen LogP contribution in [0.25, 0.3) is 70.3 Å². The van der Waals surface area contributed by atoms with Gasteiger partial charge in [-0.3, -0.25) is 4.57 Å². The van der Waals surface area contributed by atoms with Crippen molar-refractivity contribution in [1.82, 2.24) is 14.5 Å². The third-order valence-corrected chi connectivity index (χ3v) is 10.4. The van der Waals surface area contributed by atoms with Gasteiger partial charge in [0.1, 0.15) is 10.7 Å². The lowest BCUT2D eigenvalue weighted by Crippen LogP contribution is -2.15. The molecule has 1 aliphatic rings. The van der Waals surface area contributed by atoms with Gasteiger partial charge in [-0.05, 0) is 76.5 Å². The standard InChI is InChI=1S/C38H27N3S/c1-22-20-29-25-12-6-7-16-30(25)38(2,3)31(29)21-33(22)41-34-24-11-5-4-10-23(24)17-18-32(34)40-36(41)28-14-8-13-26-27-15-9-19-39-37(27)42-35(26)28/h4-21H,1-3H3. The Morgan fingerprint density at radius 2 is 1.48 bits per heavy atom. The van der Waals surface area contributed by atoms with Gasteiger partial charge in [0.05, 0.1) is 16.7 Å². The number of thiophene rings is 1. The average molecular weight is 558 g/mol. The lowest BCUT2D eigenvalue weighted by Gasteiger charge is -2.23. The molecule has 0 aliphatic heterocycles. The van der Waals surface area contributed by atoms with Crippen LogP contribution in [0.1, 0.15) is 30.5 Å². The molecule has 0 saturated carbocycles. The zero-order chi connectivity index (χ0) is 28.2. The Balaban J connectivity index is 1.42. The Hall–Kier alpha value is -4.80. The highest BCUT2D eigenvalue weighted by atomic mass is 32.1. The number of pyridine rings is 1. The summed E-state index contributed by atoms with van der Waals surface area (Å²) in [6.45, 7) is 6.95. The monoisotopic (exact) mass is 557 g/mol. The van der Waals surface area contributed by atoms with E-state index in [1.54, 1.807) is 11.3 Å². The number of rotatable bonds is 2. The predicted molar refractivity (Wildman–Crippen MR) is 177 cm³/mol. The molecule has 0 fully saturated rings. The first kappa shape index (κ1) is 23.9. The maximum absolute atomic E-state index is 5.39. The molecule has 0 unspecified atom stereocenters. The van der Waals surface area contributed by atoms with Crippen LogP contribution in [0.3, 0.4) is 0 Å². The SMILES string of the molecule is Cc1cc2c(cc1-n1c(-c3cccc4c3sc3ncccc34)nc3ccc4ccccc4c31)C(C)(C)c1ccccc1-2. The summed E-state index contributed by atoms with van der Waals surface area (Å²) in [5, 5.41) is 4.85. The highest BCUT2D eigenvalue weighted by Crippen LogP contribution is 2.50. The summed E-state index contributed by atoms with van der Waals surface area (Å²) < 4.78 is 3.65. The number of imidazole rings is 1. The molecule has 0 saturated heterocycles. The van der Waals surface area contributed by atoms with Gasteiger partial charge >= 0.3 is 0 Å². The molecule has 3 aromatic heterocycles. The van der Waals surface area contributed by atoms with Crippen molar-refractivity contribution in [2.45, 2.75) is 26.2 Å². The minimum absolute atomic E-state index is 0.0931. The largest absolute Gasteiger partial charge is 0.291 e. The van der Waals surface area contributed by atoms with Gasteiger partial charge in [-0.25, -0.2) is 9.97 Å². The summed E-state index contributed by atoms with van der Waals surface area (Å²) in [6.07, 6.45) is 1.88. The van der Waals surface area contributed by atoms with E-state index >= 15 is 0 Å². The topological polar surface area (TPSA) is 30.7 Å². The molecule has 0 spiro atoms. The van der Waals surface area contributed by atoms with Gasteiger partial charge in [0.25, 0.3) is 0 Å². The van der Waals surface area contributed by atoms with E-state index in [0.717, 1.165) is 27.3 Å². The van der Waals surface area contributed by atoms with Gasteiger partial charge in [0.2, 0.25) is 0 Å². The lowest BCUT2D eigenvalue weighted by atomic mass is 9.82. The Morgan fingerprint density at radius 3 is 2.40 bits per heavy atom. The van der Waals surface area contributed by atoms with E-state index in [1.165, 1.54) is 59.7 Å². The van der Waals surface area contributed by atoms with E-state index in [2.05, 4.69) is 122 Å². The number of fused-ring (bicyclic) bond motifs is 9. The number of hydrogen-bond donors (Lipinski definition) is 0. The maximum atomic E-state index is 5.39. The second-order valence-corrected chi connectivity index (χ2v) is 12.9. The van der Waals surface area contributed by atoms with Crippen LogP contribution in [-0.2, 0) is 5.41 Å². The molecule has 200 valence electrons. The molecule has 5 aromatic carbocycles. The average Bonchev–Trinajstić information content (AvgIpc) is 3.65. The van der Waals surface area contributed by atoms with Gasteiger partial charge in [0.15, 0.2) is 0 Å². The first-order valence-electron chi connectivity index (χ1n) is 14.4. The Labute approximate surface area is 247 Å². The fraction of sp³-hybridized carbons (Fsp3) is 0.105. The van der Waals surface area contributed by atoms with Crippen molar-refractivity contribution in [3.05, 3.63) is 126 Å². The van der Waals surface area contributed by atoms with Crippen LogP contribution >= 0.6 is 11.3 Å². The number of benzene rings is 5. The van der Waals surface area contributed by atoms with Crippen molar-refractivity contribution in [3.63, 3.8) is 0 Å². The van der Waals surface area contributed by atoms with Crippen LogP contribution < -0.4 is 0 Å². The summed E-state index contributed by atoms with van der Waals surface area (Å²) in [4.78, 5) is 11.1. The summed E-state index contributed by atoms with van der Waals surface area (Å²) in [5.41, 5.74) is 11.0. The normalized spacial score (nSPS) is 13.8. The highest BCUT2D eigenvalue weighted by molar-refractivity contribution is 7.26. The van der Waals surface area contributed by atoms with Crippen molar-refractivity contribution in [3.8, 4) is 28.2 Å². The molecular weight excluding hydrogens is 531 g/mol. The summed E-state index contributed by atoms with van der Waals surface area (Å²) in [5.74, 6) is 0.967. The first-order valence-corrected chi connectivity index (χ1v) is 15.2. The third-order valence-electron chi connectivity index (χ3n) is 9.20. The maximum Gasteiger partial charge on any atom is 0.147 e. The predicted octanol–water partition coefficient (Wildman–Crippen LogP) is 10.2. The number of nitrogens with zero attached hydrogens (tertiary/aromatic N) is 3. The molecule has 0 N–H and O–H groups in total. The minimum Gasteiger partial charge on any atom is -0.291 e. The number of aromatic nitrogens is 3. The first-order chi connectivity index (χ1) is 20.5. The van der Waals surface area contributed by atoms with E-state index in [4.69, 9.17) is 9.97 Å². The molecule has 8 aromatic rings. The smallest absolute Gasteiger partial charge is 0.147 e. The van der Waals surface area contributed by atoms with Gasteiger partial charge in [-0.2, -0.15) is 0 Å². The van der Waals surface area contributed by atoms with Crippen LogP contribution in [0, 0.1) is 6.92 Å².